The molecule has 0 aromatic heterocycles. The van der Waals surface area contributed by atoms with Gasteiger partial charge in [0.1, 0.15) is 0 Å². The minimum absolute atomic E-state index is 0. The quantitative estimate of drug-likeness (QED) is 0.698. The summed E-state index contributed by atoms with van der Waals surface area (Å²) < 4.78 is 0. The van der Waals surface area contributed by atoms with E-state index in [9.17, 15) is 4.79 Å². The van der Waals surface area contributed by atoms with Gasteiger partial charge in [-0.2, -0.15) is 0 Å². The summed E-state index contributed by atoms with van der Waals surface area (Å²) in [5, 5.41) is 15.2. The van der Waals surface area contributed by atoms with Crippen LogP contribution in [-0.4, -0.2) is 29.3 Å². The van der Waals surface area contributed by atoms with E-state index in [0.717, 1.165) is 32.1 Å². The predicted octanol–water partition coefficient (Wildman–Crippen LogP) is 4.46. The van der Waals surface area contributed by atoms with E-state index in [1.165, 1.54) is 12.0 Å². The highest BCUT2D eigenvalue weighted by molar-refractivity contribution is 5.85. The van der Waals surface area contributed by atoms with Crippen molar-refractivity contribution in [3.63, 3.8) is 0 Å². The maximum absolute atomic E-state index is 10.7. The second-order valence-corrected chi connectivity index (χ2v) is 7.10. The summed E-state index contributed by atoms with van der Waals surface area (Å²) in [7, 11) is 0. The Morgan fingerprint density at radius 2 is 1.80 bits per heavy atom. The normalized spacial score (nSPS) is 28.8. The third-order valence-electron chi connectivity index (χ3n) is 5.33. The first kappa shape index (κ1) is 19.8. The van der Waals surface area contributed by atoms with Gasteiger partial charge in [0.15, 0.2) is 0 Å². The molecule has 1 aromatic carbocycles. The van der Waals surface area contributed by atoms with Crippen LogP contribution in [-0.2, 0) is 0 Å². The van der Waals surface area contributed by atoms with E-state index in [-0.39, 0.29) is 18.4 Å². The van der Waals surface area contributed by atoms with Crippen molar-refractivity contribution in [2.75, 3.05) is 0 Å². The molecular weight excluding hydrogens is 336 g/mol. The lowest BCUT2D eigenvalue weighted by Gasteiger charge is -2.29. The summed E-state index contributed by atoms with van der Waals surface area (Å²) in [6, 6.07) is 11.8. The molecule has 2 aliphatic rings. The lowest BCUT2D eigenvalue weighted by molar-refractivity contribution is 0.183. The molecule has 0 radical (unpaired) electrons. The molecule has 2 saturated carbocycles. The Bertz CT molecular complexity index is 583. The molecule has 25 heavy (non-hydrogen) atoms. The lowest BCUT2D eigenvalue weighted by Crippen LogP contribution is -2.42. The first-order chi connectivity index (χ1) is 11.7. The topological polar surface area (TPSA) is 61.4 Å². The fourth-order valence-electron chi connectivity index (χ4n) is 3.91. The van der Waals surface area contributed by atoms with Crippen molar-refractivity contribution in [1.29, 1.82) is 0 Å². The first-order valence-electron chi connectivity index (χ1n) is 9.16. The first-order valence-corrected chi connectivity index (χ1v) is 9.16. The molecule has 1 aromatic rings. The van der Waals surface area contributed by atoms with E-state index < -0.39 is 6.09 Å². The smallest absolute Gasteiger partial charge is 0.404 e. The van der Waals surface area contributed by atoms with E-state index in [1.54, 1.807) is 5.57 Å². The zero-order valence-electron chi connectivity index (χ0n) is 14.8. The number of benzene rings is 1. The molecule has 0 aliphatic heterocycles. The van der Waals surface area contributed by atoms with Crippen LogP contribution in [0.15, 0.2) is 35.9 Å². The second-order valence-electron chi connectivity index (χ2n) is 7.10. The largest absolute Gasteiger partial charge is 0.465 e. The van der Waals surface area contributed by atoms with Crippen LogP contribution in [0.5, 0.6) is 0 Å². The molecule has 2 aliphatic carbocycles. The minimum Gasteiger partial charge on any atom is -0.465 e. The predicted molar refractivity (Wildman–Crippen MR) is 104 cm³/mol. The van der Waals surface area contributed by atoms with Gasteiger partial charge < -0.3 is 15.7 Å². The standard InChI is InChI=1S/C20H28N2O2.ClH/c1-2-15(12-14-6-4-3-5-7-14)18-13-19(18)21-16-8-10-17(11-9-16)22-20(23)24;/h3-7,12,16-19,21-22H,2,8-11,13H2,1H3,(H,23,24);1H/b15-12+;/t16?,17?,18-,19+;/m0./s1. The Kier molecular flexibility index (Phi) is 7.33. The van der Waals surface area contributed by atoms with Crippen LogP contribution in [0.25, 0.3) is 6.08 Å². The number of hydrogen-bond acceptors (Lipinski definition) is 2. The molecule has 2 atom stereocenters. The van der Waals surface area contributed by atoms with Crippen molar-refractivity contribution in [1.82, 2.24) is 10.6 Å². The number of carboxylic acid groups (broad SMARTS) is 1. The fraction of sp³-hybridized carbons (Fsp3) is 0.550. The molecule has 3 N–H and O–H groups in total. The molecule has 138 valence electrons. The second kappa shape index (κ2) is 9.25. The Hall–Kier alpha value is -1.52. The fourth-order valence-corrected chi connectivity index (χ4v) is 3.91. The molecule has 0 spiro atoms. The number of nitrogens with one attached hydrogen (secondary N) is 2. The highest BCUT2D eigenvalue weighted by Crippen LogP contribution is 2.40. The van der Waals surface area contributed by atoms with Crippen LogP contribution in [0, 0.1) is 5.92 Å². The van der Waals surface area contributed by atoms with Gasteiger partial charge in [0.2, 0.25) is 0 Å². The van der Waals surface area contributed by atoms with Gasteiger partial charge in [-0.05, 0) is 50.0 Å². The summed E-state index contributed by atoms with van der Waals surface area (Å²) >= 11 is 0. The SMILES string of the molecule is CC/C(=C\c1ccccc1)[C@@H]1C[C@H]1NC1CCC(NC(=O)O)CC1.Cl. The number of hydrogen-bond donors (Lipinski definition) is 3. The van der Waals surface area contributed by atoms with Crippen molar-refractivity contribution in [2.24, 2.45) is 5.92 Å². The molecule has 0 saturated heterocycles. The molecule has 4 nitrogen and oxygen atoms in total. The molecule has 5 heteroatoms. The Morgan fingerprint density at radius 1 is 1.16 bits per heavy atom. The Labute approximate surface area is 156 Å². The maximum Gasteiger partial charge on any atom is 0.404 e. The zero-order valence-corrected chi connectivity index (χ0v) is 15.6. The number of halogens is 1. The molecule has 0 unspecified atom stereocenters. The van der Waals surface area contributed by atoms with Crippen LogP contribution in [0.3, 0.4) is 0 Å². The summed E-state index contributed by atoms with van der Waals surface area (Å²) in [5.74, 6) is 0.671. The number of amides is 1. The number of rotatable bonds is 6. The third kappa shape index (κ3) is 5.75. The third-order valence-corrected chi connectivity index (χ3v) is 5.33. The van der Waals surface area contributed by atoms with Gasteiger partial charge >= 0.3 is 6.09 Å². The molecular formula is C20H29ClN2O2. The maximum atomic E-state index is 10.7. The van der Waals surface area contributed by atoms with Crippen LogP contribution < -0.4 is 10.6 Å². The van der Waals surface area contributed by atoms with E-state index in [2.05, 4.69) is 54.0 Å². The highest BCUT2D eigenvalue weighted by atomic mass is 35.5. The van der Waals surface area contributed by atoms with E-state index in [1.807, 2.05) is 0 Å². The molecule has 2 fully saturated rings. The van der Waals surface area contributed by atoms with Crippen molar-refractivity contribution < 1.29 is 9.90 Å². The number of carbonyl (C=O) groups is 1. The van der Waals surface area contributed by atoms with Crippen molar-refractivity contribution in [3.05, 3.63) is 41.5 Å². The van der Waals surface area contributed by atoms with Gasteiger partial charge in [0.25, 0.3) is 0 Å². The lowest BCUT2D eigenvalue weighted by atomic mass is 9.91. The van der Waals surface area contributed by atoms with Gasteiger partial charge in [-0.15, -0.1) is 12.4 Å². The molecule has 1 amide bonds. The monoisotopic (exact) mass is 364 g/mol. The van der Waals surface area contributed by atoms with Gasteiger partial charge in [-0.25, -0.2) is 4.79 Å². The molecule has 0 bridgehead atoms. The van der Waals surface area contributed by atoms with Gasteiger partial charge in [-0.3, -0.25) is 0 Å². The van der Waals surface area contributed by atoms with Gasteiger partial charge in [-0.1, -0.05) is 48.9 Å². The molecule has 3 rings (SSSR count). The minimum atomic E-state index is -0.896. The average Bonchev–Trinajstić information content (AvgIpc) is 3.34. The summed E-state index contributed by atoms with van der Waals surface area (Å²) in [4.78, 5) is 10.7. The highest BCUT2D eigenvalue weighted by Gasteiger charge is 2.40. The van der Waals surface area contributed by atoms with E-state index >= 15 is 0 Å². The molecule has 0 heterocycles. The average molecular weight is 365 g/mol. The van der Waals surface area contributed by atoms with Crippen molar-refractivity contribution in [2.45, 2.75) is 63.6 Å². The van der Waals surface area contributed by atoms with E-state index in [4.69, 9.17) is 5.11 Å². The summed E-state index contributed by atoms with van der Waals surface area (Å²) in [5.41, 5.74) is 2.83. The summed E-state index contributed by atoms with van der Waals surface area (Å²) in [6.07, 6.45) is 7.82. The Morgan fingerprint density at radius 3 is 2.40 bits per heavy atom. The van der Waals surface area contributed by atoms with Gasteiger partial charge in [0, 0.05) is 18.1 Å². The van der Waals surface area contributed by atoms with Gasteiger partial charge in [0.05, 0.1) is 0 Å². The zero-order chi connectivity index (χ0) is 16.9. The van der Waals surface area contributed by atoms with Crippen molar-refractivity contribution >= 4 is 24.6 Å². The van der Waals surface area contributed by atoms with Crippen LogP contribution >= 0.6 is 12.4 Å². The van der Waals surface area contributed by atoms with Crippen LogP contribution in [0.2, 0.25) is 0 Å². The van der Waals surface area contributed by atoms with Crippen LogP contribution in [0.1, 0.15) is 51.0 Å². The van der Waals surface area contributed by atoms with E-state index in [0.29, 0.717) is 18.0 Å². The van der Waals surface area contributed by atoms with Crippen LogP contribution in [0.4, 0.5) is 4.79 Å². The van der Waals surface area contributed by atoms with Crippen molar-refractivity contribution in [3.8, 4) is 0 Å². The summed E-state index contributed by atoms with van der Waals surface area (Å²) in [6.45, 7) is 2.24. The Balaban J connectivity index is 0.00000225.